The third kappa shape index (κ3) is 7.72. The van der Waals surface area contributed by atoms with Crippen molar-refractivity contribution in [3.63, 3.8) is 0 Å². The highest BCUT2D eigenvalue weighted by atomic mass is 35.5. The maximum Gasteiger partial charge on any atom is 0.328 e. The SMILES string of the molecule is COc1ccc2c(c1)c(CC(=O)N[C@@H](Cc1ccccc1)C(=O)OCCC(C)(C)C)c(C)n2C(O)c1ccc(Cl)cc1. The van der Waals surface area contributed by atoms with E-state index < -0.39 is 18.2 Å². The number of carbonyl (C=O) groups is 2. The van der Waals surface area contributed by atoms with Gasteiger partial charge in [0.25, 0.3) is 0 Å². The van der Waals surface area contributed by atoms with Crippen molar-refractivity contribution in [3.05, 3.63) is 100 Å². The molecule has 0 spiro atoms. The summed E-state index contributed by atoms with van der Waals surface area (Å²) in [4.78, 5) is 26.7. The van der Waals surface area contributed by atoms with E-state index in [1.807, 2.05) is 55.5 Å². The number of esters is 1. The number of fused-ring (bicyclic) bond motifs is 1. The number of aliphatic hydroxyl groups excluding tert-OH is 1. The summed E-state index contributed by atoms with van der Waals surface area (Å²) in [7, 11) is 1.58. The minimum Gasteiger partial charge on any atom is -0.497 e. The summed E-state index contributed by atoms with van der Waals surface area (Å²) in [6.07, 6.45) is 0.0150. The van der Waals surface area contributed by atoms with Crippen LogP contribution < -0.4 is 10.1 Å². The molecule has 0 bridgehead atoms. The number of aliphatic hydroxyl groups is 1. The van der Waals surface area contributed by atoms with E-state index in [0.717, 1.165) is 27.7 Å². The van der Waals surface area contributed by atoms with Gasteiger partial charge < -0.3 is 24.5 Å². The van der Waals surface area contributed by atoms with Gasteiger partial charge in [0.2, 0.25) is 5.91 Å². The van der Waals surface area contributed by atoms with E-state index in [2.05, 4.69) is 26.1 Å². The van der Waals surface area contributed by atoms with Crippen LogP contribution in [-0.4, -0.2) is 41.3 Å². The quantitative estimate of drug-likeness (QED) is 0.197. The Morgan fingerprint density at radius 1 is 1.02 bits per heavy atom. The predicted octanol–water partition coefficient (Wildman–Crippen LogP) is 6.40. The topological polar surface area (TPSA) is 89.8 Å². The second-order valence-corrected chi connectivity index (χ2v) is 12.1. The molecule has 2 atom stereocenters. The summed E-state index contributed by atoms with van der Waals surface area (Å²) in [5, 5.41) is 15.7. The van der Waals surface area contributed by atoms with Gasteiger partial charge in [-0.05, 0) is 60.2 Å². The van der Waals surface area contributed by atoms with E-state index in [1.54, 1.807) is 35.9 Å². The fourth-order valence-electron chi connectivity index (χ4n) is 4.94. The lowest BCUT2D eigenvalue weighted by Gasteiger charge is -2.21. The minimum atomic E-state index is -1.00. The number of hydrogen-bond acceptors (Lipinski definition) is 5. The lowest BCUT2D eigenvalue weighted by Crippen LogP contribution is -2.44. The van der Waals surface area contributed by atoms with Gasteiger partial charge in [0.05, 0.1) is 25.7 Å². The second kappa shape index (κ2) is 13.4. The minimum absolute atomic E-state index is 0.00357. The molecule has 0 fully saturated rings. The number of rotatable bonds is 11. The van der Waals surface area contributed by atoms with Gasteiger partial charge in [0.1, 0.15) is 11.8 Å². The van der Waals surface area contributed by atoms with Crippen LogP contribution in [0.1, 0.15) is 55.8 Å². The van der Waals surface area contributed by atoms with Crippen molar-refractivity contribution in [2.45, 2.75) is 59.2 Å². The maximum atomic E-state index is 13.6. The fraction of sp³-hybridized carbons (Fsp3) is 0.353. The van der Waals surface area contributed by atoms with Gasteiger partial charge in [-0.1, -0.05) is 74.8 Å². The van der Waals surface area contributed by atoms with Crippen LogP contribution in [0.15, 0.2) is 72.8 Å². The zero-order valence-corrected chi connectivity index (χ0v) is 25.6. The molecule has 2 N–H and O–H groups in total. The number of amides is 1. The lowest BCUT2D eigenvalue weighted by molar-refractivity contribution is -0.148. The second-order valence-electron chi connectivity index (χ2n) is 11.7. The number of benzene rings is 3. The molecule has 0 aliphatic rings. The lowest BCUT2D eigenvalue weighted by atomic mass is 9.93. The number of nitrogens with one attached hydrogen (secondary N) is 1. The highest BCUT2D eigenvalue weighted by Crippen LogP contribution is 2.34. The van der Waals surface area contributed by atoms with Crippen molar-refractivity contribution in [1.29, 1.82) is 0 Å². The molecule has 1 unspecified atom stereocenters. The van der Waals surface area contributed by atoms with Crippen LogP contribution >= 0.6 is 11.6 Å². The van der Waals surface area contributed by atoms with Crippen LogP contribution in [0, 0.1) is 12.3 Å². The van der Waals surface area contributed by atoms with Crippen LogP contribution in [-0.2, 0) is 27.2 Å². The number of hydrogen-bond donors (Lipinski definition) is 2. The first kappa shape index (κ1) is 31.1. The van der Waals surface area contributed by atoms with Gasteiger partial charge in [0, 0.05) is 28.1 Å². The smallest absolute Gasteiger partial charge is 0.328 e. The summed E-state index contributed by atoms with van der Waals surface area (Å²) in [6.45, 7) is 8.40. The molecule has 3 aromatic carbocycles. The Hall–Kier alpha value is -3.81. The van der Waals surface area contributed by atoms with Gasteiger partial charge in [-0.25, -0.2) is 4.79 Å². The zero-order chi connectivity index (χ0) is 30.4. The molecule has 0 radical (unpaired) electrons. The zero-order valence-electron chi connectivity index (χ0n) is 24.8. The average molecular weight is 591 g/mol. The molecule has 0 aliphatic carbocycles. The monoisotopic (exact) mass is 590 g/mol. The summed E-state index contributed by atoms with van der Waals surface area (Å²) in [5.74, 6) is -0.156. The van der Waals surface area contributed by atoms with Gasteiger partial charge in [-0.3, -0.25) is 4.79 Å². The van der Waals surface area contributed by atoms with Gasteiger partial charge in [-0.15, -0.1) is 0 Å². The van der Waals surface area contributed by atoms with Crippen LogP contribution in [0.2, 0.25) is 5.02 Å². The molecule has 222 valence electrons. The van der Waals surface area contributed by atoms with Crippen molar-refractivity contribution in [2.24, 2.45) is 5.41 Å². The largest absolute Gasteiger partial charge is 0.497 e. The summed E-state index contributed by atoms with van der Waals surface area (Å²) >= 11 is 6.07. The Morgan fingerprint density at radius 3 is 2.36 bits per heavy atom. The van der Waals surface area contributed by atoms with E-state index in [9.17, 15) is 14.7 Å². The molecule has 0 saturated carbocycles. The highest BCUT2D eigenvalue weighted by Gasteiger charge is 2.26. The van der Waals surface area contributed by atoms with Crippen molar-refractivity contribution in [1.82, 2.24) is 9.88 Å². The van der Waals surface area contributed by atoms with Crippen LogP contribution in [0.25, 0.3) is 10.9 Å². The van der Waals surface area contributed by atoms with Crippen molar-refractivity contribution in [2.75, 3.05) is 13.7 Å². The number of aromatic nitrogens is 1. The fourth-order valence-corrected chi connectivity index (χ4v) is 5.07. The number of methoxy groups -OCH3 is 1. The average Bonchev–Trinajstić information content (AvgIpc) is 3.22. The number of nitrogens with zero attached hydrogens (tertiary/aromatic N) is 1. The summed E-state index contributed by atoms with van der Waals surface area (Å²) in [6, 6.07) is 21.2. The Bertz CT molecular complexity index is 1520. The first-order valence-electron chi connectivity index (χ1n) is 14.1. The van der Waals surface area contributed by atoms with E-state index in [-0.39, 0.29) is 24.3 Å². The molecule has 0 saturated heterocycles. The van der Waals surface area contributed by atoms with Crippen molar-refractivity contribution < 1.29 is 24.2 Å². The molecule has 4 aromatic rings. The maximum absolute atomic E-state index is 13.6. The molecule has 4 rings (SSSR count). The Morgan fingerprint density at radius 2 is 1.71 bits per heavy atom. The van der Waals surface area contributed by atoms with Crippen molar-refractivity contribution in [3.8, 4) is 5.75 Å². The van der Waals surface area contributed by atoms with Gasteiger partial charge >= 0.3 is 5.97 Å². The molecule has 1 amide bonds. The molecule has 0 aliphatic heterocycles. The van der Waals surface area contributed by atoms with Gasteiger partial charge in [-0.2, -0.15) is 0 Å². The number of ether oxygens (including phenoxy) is 2. The van der Waals surface area contributed by atoms with E-state index in [0.29, 0.717) is 29.2 Å². The third-order valence-corrected chi connectivity index (χ3v) is 7.59. The number of carbonyl (C=O) groups excluding carboxylic acids is 2. The first-order valence-corrected chi connectivity index (χ1v) is 14.5. The van der Waals surface area contributed by atoms with Crippen molar-refractivity contribution >= 4 is 34.4 Å². The van der Waals surface area contributed by atoms with E-state index >= 15 is 0 Å². The molecule has 1 aromatic heterocycles. The summed E-state index contributed by atoms with van der Waals surface area (Å²) in [5.41, 5.74) is 3.80. The standard InChI is InChI=1S/C34H39ClN2O5/c1-22-27(28-20-26(41-5)15-16-30(28)37(22)32(39)24-11-13-25(35)14-12-24)21-31(38)36-29(19-23-9-7-6-8-10-23)33(40)42-18-17-34(2,3)4/h6-16,20,29,32,39H,17-19,21H2,1-5H3,(H,36,38)/t29-,32?/m0/s1. The normalized spacial score (nSPS) is 13.0. The Labute approximate surface area is 252 Å². The predicted molar refractivity (Wildman–Crippen MR) is 166 cm³/mol. The van der Waals surface area contributed by atoms with E-state index in [1.165, 1.54) is 0 Å². The Balaban J connectivity index is 1.62. The molecule has 8 heteroatoms. The van der Waals surface area contributed by atoms with E-state index in [4.69, 9.17) is 21.1 Å². The number of halogens is 1. The molecule has 1 heterocycles. The third-order valence-electron chi connectivity index (χ3n) is 7.34. The molecular weight excluding hydrogens is 552 g/mol. The molecule has 7 nitrogen and oxygen atoms in total. The first-order chi connectivity index (χ1) is 20.0. The van der Waals surface area contributed by atoms with Crippen LogP contribution in [0.3, 0.4) is 0 Å². The molecular formula is C34H39ClN2O5. The Kier molecular flexibility index (Phi) is 9.97. The molecule has 42 heavy (non-hydrogen) atoms. The van der Waals surface area contributed by atoms with Crippen LogP contribution in [0.4, 0.5) is 0 Å². The highest BCUT2D eigenvalue weighted by molar-refractivity contribution is 6.30. The summed E-state index contributed by atoms with van der Waals surface area (Å²) < 4.78 is 12.9. The van der Waals surface area contributed by atoms with Crippen LogP contribution in [0.5, 0.6) is 5.75 Å². The van der Waals surface area contributed by atoms with Gasteiger partial charge in [0.15, 0.2) is 6.23 Å².